The monoisotopic (exact) mass is 321 g/mol. The minimum atomic E-state index is -0.602. The van der Waals surface area contributed by atoms with E-state index in [2.05, 4.69) is 6.58 Å². The lowest BCUT2D eigenvalue weighted by Gasteiger charge is -2.24. The molecule has 0 spiro atoms. The smallest absolute Gasteiger partial charge is 0.130 e. The van der Waals surface area contributed by atoms with Crippen LogP contribution in [0.15, 0.2) is 53.7 Å². The maximum absolute atomic E-state index is 13.9. The second-order valence-corrected chi connectivity index (χ2v) is 5.50. The van der Waals surface area contributed by atoms with Crippen LogP contribution in [0.2, 0.25) is 0 Å². The molecular formula is C18H21F2NO2. The molecule has 124 valence electrons. The van der Waals surface area contributed by atoms with Gasteiger partial charge in [0.15, 0.2) is 0 Å². The van der Waals surface area contributed by atoms with Crippen molar-refractivity contribution in [2.24, 2.45) is 0 Å². The highest BCUT2D eigenvalue weighted by Crippen LogP contribution is 2.16. The predicted octanol–water partition coefficient (Wildman–Crippen LogP) is 3.89. The number of furan rings is 1. The number of benzene rings is 1. The van der Waals surface area contributed by atoms with Crippen LogP contribution in [0.25, 0.3) is 0 Å². The molecule has 2 aromatic rings. The van der Waals surface area contributed by atoms with Crippen molar-refractivity contribution in [3.05, 3.63) is 72.2 Å². The highest BCUT2D eigenvalue weighted by atomic mass is 19.1. The lowest BCUT2D eigenvalue weighted by atomic mass is 10.1. The first-order valence-corrected chi connectivity index (χ1v) is 7.56. The zero-order valence-corrected chi connectivity index (χ0v) is 12.9. The van der Waals surface area contributed by atoms with Crippen LogP contribution < -0.4 is 0 Å². The Morgan fingerprint density at radius 2 is 2.09 bits per heavy atom. The van der Waals surface area contributed by atoms with Crippen LogP contribution in [-0.2, 0) is 13.1 Å². The average Bonchev–Trinajstić information content (AvgIpc) is 3.01. The summed E-state index contributed by atoms with van der Waals surface area (Å²) >= 11 is 0. The molecule has 0 fully saturated rings. The van der Waals surface area contributed by atoms with Gasteiger partial charge < -0.3 is 9.52 Å². The van der Waals surface area contributed by atoms with Gasteiger partial charge in [-0.3, -0.25) is 4.90 Å². The summed E-state index contributed by atoms with van der Waals surface area (Å²) < 4.78 is 32.2. The molecule has 0 aliphatic carbocycles. The van der Waals surface area contributed by atoms with Crippen molar-refractivity contribution >= 4 is 0 Å². The molecule has 0 bridgehead atoms. The number of aliphatic hydroxyl groups excluding tert-OH is 1. The van der Waals surface area contributed by atoms with E-state index >= 15 is 0 Å². The molecule has 1 aromatic heterocycles. The number of halogens is 2. The molecule has 23 heavy (non-hydrogen) atoms. The highest BCUT2D eigenvalue weighted by Gasteiger charge is 2.16. The van der Waals surface area contributed by atoms with Gasteiger partial charge in [-0.1, -0.05) is 12.1 Å². The summed E-state index contributed by atoms with van der Waals surface area (Å²) in [5.74, 6) is -0.465. The maximum Gasteiger partial charge on any atom is 0.130 e. The third-order valence-corrected chi connectivity index (χ3v) is 3.54. The van der Waals surface area contributed by atoms with Gasteiger partial charge in [0.25, 0.3) is 0 Å². The summed E-state index contributed by atoms with van der Waals surface area (Å²) in [6, 6.07) is 7.13. The summed E-state index contributed by atoms with van der Waals surface area (Å²) in [6.07, 6.45) is 4.07. The van der Waals surface area contributed by atoms with Crippen molar-refractivity contribution in [1.29, 1.82) is 0 Å². The first-order chi connectivity index (χ1) is 11.1. The van der Waals surface area contributed by atoms with Crippen LogP contribution in [0.1, 0.15) is 24.2 Å². The molecule has 5 heteroatoms. The van der Waals surface area contributed by atoms with E-state index in [1.54, 1.807) is 18.4 Å². The molecule has 1 aromatic carbocycles. The van der Waals surface area contributed by atoms with E-state index in [-0.39, 0.29) is 6.54 Å². The lowest BCUT2D eigenvalue weighted by Crippen LogP contribution is -2.32. The standard InChI is InChI=1S/C18H21F2NO2/c1-2-3-5-16(22)12-21(13-17-6-4-9-23-17)11-14-7-8-15(19)10-18(14)20/h2,4,6-10,16,22H,1,3,5,11-13H2/t16-/m1/s1. The molecular weight excluding hydrogens is 300 g/mol. The van der Waals surface area contributed by atoms with E-state index < -0.39 is 17.7 Å². The Balaban J connectivity index is 2.07. The van der Waals surface area contributed by atoms with Gasteiger partial charge in [-0.2, -0.15) is 0 Å². The number of hydrogen-bond acceptors (Lipinski definition) is 3. The van der Waals surface area contributed by atoms with Crippen LogP contribution >= 0.6 is 0 Å². The molecule has 0 aliphatic rings. The van der Waals surface area contributed by atoms with E-state index in [1.807, 2.05) is 11.0 Å². The van der Waals surface area contributed by atoms with E-state index in [0.29, 0.717) is 31.5 Å². The Morgan fingerprint density at radius 3 is 2.74 bits per heavy atom. The third-order valence-electron chi connectivity index (χ3n) is 3.54. The van der Waals surface area contributed by atoms with Crippen molar-refractivity contribution in [2.45, 2.75) is 32.0 Å². The molecule has 1 heterocycles. The van der Waals surface area contributed by atoms with Gasteiger partial charge in [0.2, 0.25) is 0 Å². The maximum atomic E-state index is 13.9. The molecule has 0 amide bonds. The largest absolute Gasteiger partial charge is 0.468 e. The fraction of sp³-hybridized carbons (Fsp3) is 0.333. The molecule has 1 atom stereocenters. The minimum absolute atomic E-state index is 0.262. The number of aliphatic hydroxyl groups is 1. The van der Waals surface area contributed by atoms with Crippen molar-refractivity contribution in [3.8, 4) is 0 Å². The highest BCUT2D eigenvalue weighted by molar-refractivity contribution is 5.18. The van der Waals surface area contributed by atoms with Gasteiger partial charge in [0, 0.05) is 24.7 Å². The summed E-state index contributed by atoms with van der Waals surface area (Å²) in [5.41, 5.74) is 0.383. The Morgan fingerprint density at radius 1 is 1.26 bits per heavy atom. The van der Waals surface area contributed by atoms with Gasteiger partial charge >= 0.3 is 0 Å². The van der Waals surface area contributed by atoms with Crippen LogP contribution in [0, 0.1) is 11.6 Å². The van der Waals surface area contributed by atoms with Crippen LogP contribution in [0.4, 0.5) is 8.78 Å². The Kier molecular flexibility index (Phi) is 6.50. The second kappa shape index (κ2) is 8.60. The molecule has 0 saturated heterocycles. The summed E-state index contributed by atoms with van der Waals surface area (Å²) in [6.45, 7) is 4.70. The Labute approximate surface area is 134 Å². The van der Waals surface area contributed by atoms with Gasteiger partial charge in [-0.25, -0.2) is 8.78 Å². The van der Waals surface area contributed by atoms with Gasteiger partial charge in [-0.05, 0) is 31.0 Å². The molecule has 0 aliphatic heterocycles. The zero-order valence-electron chi connectivity index (χ0n) is 12.9. The van der Waals surface area contributed by atoms with E-state index in [9.17, 15) is 13.9 Å². The topological polar surface area (TPSA) is 36.6 Å². The van der Waals surface area contributed by atoms with Crippen molar-refractivity contribution in [1.82, 2.24) is 4.90 Å². The average molecular weight is 321 g/mol. The SMILES string of the molecule is C=CCC[C@@H](O)CN(Cc1ccco1)Cc1ccc(F)cc1F. The molecule has 2 rings (SSSR count). The fourth-order valence-corrected chi connectivity index (χ4v) is 2.40. The molecule has 3 nitrogen and oxygen atoms in total. The predicted molar refractivity (Wildman–Crippen MR) is 84.6 cm³/mol. The molecule has 0 radical (unpaired) electrons. The third kappa shape index (κ3) is 5.62. The van der Waals surface area contributed by atoms with Crippen LogP contribution in [0.5, 0.6) is 0 Å². The van der Waals surface area contributed by atoms with E-state index in [4.69, 9.17) is 4.42 Å². The Hall–Kier alpha value is -1.98. The van der Waals surface area contributed by atoms with Crippen LogP contribution in [0.3, 0.4) is 0 Å². The van der Waals surface area contributed by atoms with Crippen molar-refractivity contribution < 1.29 is 18.3 Å². The fourth-order valence-electron chi connectivity index (χ4n) is 2.40. The van der Waals surface area contributed by atoms with Gasteiger partial charge in [0.05, 0.1) is 18.9 Å². The molecule has 0 unspecified atom stereocenters. The normalized spacial score (nSPS) is 12.5. The van der Waals surface area contributed by atoms with E-state index in [1.165, 1.54) is 12.1 Å². The van der Waals surface area contributed by atoms with Gasteiger partial charge in [-0.15, -0.1) is 6.58 Å². The minimum Gasteiger partial charge on any atom is -0.468 e. The molecule has 0 saturated carbocycles. The molecule has 1 N–H and O–H groups in total. The quantitative estimate of drug-likeness (QED) is 0.712. The van der Waals surface area contributed by atoms with Crippen molar-refractivity contribution in [3.63, 3.8) is 0 Å². The first-order valence-electron chi connectivity index (χ1n) is 7.56. The summed E-state index contributed by atoms with van der Waals surface area (Å²) in [5, 5.41) is 10.1. The van der Waals surface area contributed by atoms with Crippen molar-refractivity contribution in [2.75, 3.05) is 6.54 Å². The summed E-state index contributed by atoms with van der Waals surface area (Å²) in [7, 11) is 0. The summed E-state index contributed by atoms with van der Waals surface area (Å²) in [4.78, 5) is 1.88. The number of hydrogen-bond donors (Lipinski definition) is 1. The first kappa shape index (κ1) is 17.4. The second-order valence-electron chi connectivity index (χ2n) is 5.50. The zero-order chi connectivity index (χ0) is 16.7. The van der Waals surface area contributed by atoms with Gasteiger partial charge in [0.1, 0.15) is 17.4 Å². The number of allylic oxidation sites excluding steroid dienone is 1. The Bertz CT molecular complexity index is 613. The lowest BCUT2D eigenvalue weighted by molar-refractivity contribution is 0.0938. The number of rotatable bonds is 9. The number of nitrogens with zero attached hydrogens (tertiary/aromatic N) is 1. The van der Waals surface area contributed by atoms with E-state index in [0.717, 1.165) is 11.8 Å². The van der Waals surface area contributed by atoms with Crippen LogP contribution in [-0.4, -0.2) is 22.7 Å².